The molecule has 0 aliphatic heterocycles. The zero-order chi connectivity index (χ0) is 13.8. The van der Waals surface area contributed by atoms with Gasteiger partial charge in [0.05, 0.1) is 14.2 Å². The number of hydrogen-bond acceptors (Lipinski definition) is 5. The van der Waals surface area contributed by atoms with Crippen molar-refractivity contribution in [1.29, 1.82) is 0 Å². The van der Waals surface area contributed by atoms with Crippen molar-refractivity contribution in [2.45, 2.75) is 6.92 Å². The van der Waals surface area contributed by atoms with E-state index in [-0.39, 0.29) is 12.5 Å². The van der Waals surface area contributed by atoms with Gasteiger partial charge in [-0.05, 0) is 19.1 Å². The fourth-order valence-corrected chi connectivity index (χ4v) is 1.90. The molecule has 19 heavy (non-hydrogen) atoms. The van der Waals surface area contributed by atoms with Crippen molar-refractivity contribution in [2.75, 3.05) is 26.1 Å². The highest BCUT2D eigenvalue weighted by molar-refractivity contribution is 5.96. The number of carbonyl (C=O) groups is 1. The molecule has 0 fully saturated rings. The Labute approximate surface area is 111 Å². The molecule has 0 atom stereocenters. The standard InChI is InChI=1S/C14H16N2O3/c1-9-7-11(15-8-13(17)19-3)10-5-4-6-12(18-2)14(10)16-9/h4-7H,8H2,1-3H3,(H,15,16). The monoisotopic (exact) mass is 260 g/mol. The van der Waals surface area contributed by atoms with Crippen LogP contribution in [0.15, 0.2) is 24.3 Å². The minimum atomic E-state index is -0.314. The Kier molecular flexibility index (Phi) is 3.85. The molecule has 0 saturated heterocycles. The first kappa shape index (κ1) is 13.1. The van der Waals surface area contributed by atoms with E-state index in [4.69, 9.17) is 4.74 Å². The first-order chi connectivity index (χ1) is 9.15. The van der Waals surface area contributed by atoms with Gasteiger partial charge >= 0.3 is 5.97 Å². The highest BCUT2D eigenvalue weighted by atomic mass is 16.5. The summed E-state index contributed by atoms with van der Waals surface area (Å²) in [5, 5.41) is 3.97. The van der Waals surface area contributed by atoms with Crippen LogP contribution in [0.1, 0.15) is 5.69 Å². The fraction of sp³-hybridized carbons (Fsp3) is 0.286. The summed E-state index contributed by atoms with van der Waals surface area (Å²) in [6.45, 7) is 2.02. The van der Waals surface area contributed by atoms with E-state index in [1.807, 2.05) is 31.2 Å². The number of aryl methyl sites for hydroxylation is 1. The van der Waals surface area contributed by atoms with E-state index in [0.717, 1.165) is 22.3 Å². The number of para-hydroxylation sites is 1. The number of methoxy groups -OCH3 is 2. The third-order valence-electron chi connectivity index (χ3n) is 2.80. The van der Waals surface area contributed by atoms with Gasteiger partial charge in [-0.25, -0.2) is 4.98 Å². The number of rotatable bonds is 4. The smallest absolute Gasteiger partial charge is 0.325 e. The Morgan fingerprint density at radius 2 is 2.16 bits per heavy atom. The van der Waals surface area contributed by atoms with Crippen LogP contribution in [0.2, 0.25) is 0 Å². The Morgan fingerprint density at radius 1 is 1.37 bits per heavy atom. The molecular weight excluding hydrogens is 244 g/mol. The third kappa shape index (κ3) is 2.76. The van der Waals surface area contributed by atoms with Crippen molar-refractivity contribution >= 4 is 22.6 Å². The molecule has 0 aliphatic rings. The molecule has 2 rings (SSSR count). The van der Waals surface area contributed by atoms with Crippen LogP contribution < -0.4 is 10.1 Å². The second kappa shape index (κ2) is 5.56. The summed E-state index contributed by atoms with van der Waals surface area (Å²) in [6.07, 6.45) is 0. The van der Waals surface area contributed by atoms with Crippen molar-refractivity contribution in [1.82, 2.24) is 4.98 Å². The first-order valence-electron chi connectivity index (χ1n) is 5.90. The number of nitrogens with one attached hydrogen (secondary N) is 1. The summed E-state index contributed by atoms with van der Waals surface area (Å²) < 4.78 is 9.92. The topological polar surface area (TPSA) is 60.5 Å². The largest absolute Gasteiger partial charge is 0.494 e. The maximum atomic E-state index is 11.2. The zero-order valence-electron chi connectivity index (χ0n) is 11.2. The summed E-state index contributed by atoms with van der Waals surface area (Å²) in [5.41, 5.74) is 2.47. The van der Waals surface area contributed by atoms with Crippen LogP contribution >= 0.6 is 0 Å². The lowest BCUT2D eigenvalue weighted by molar-refractivity contribution is -0.138. The Morgan fingerprint density at radius 3 is 2.84 bits per heavy atom. The summed E-state index contributed by atoms with van der Waals surface area (Å²) >= 11 is 0. The molecule has 0 bridgehead atoms. The van der Waals surface area contributed by atoms with Crippen molar-refractivity contribution in [3.63, 3.8) is 0 Å². The number of fused-ring (bicyclic) bond motifs is 1. The number of carbonyl (C=O) groups excluding carboxylic acids is 1. The molecule has 0 radical (unpaired) electrons. The minimum absolute atomic E-state index is 0.117. The van der Waals surface area contributed by atoms with Crippen LogP contribution in [0.25, 0.3) is 10.9 Å². The van der Waals surface area contributed by atoms with Crippen molar-refractivity contribution in [2.24, 2.45) is 0 Å². The molecule has 2 aromatic rings. The van der Waals surface area contributed by atoms with Gasteiger partial charge in [0.15, 0.2) is 0 Å². The Bertz CT molecular complexity index is 611. The van der Waals surface area contributed by atoms with Gasteiger partial charge in [0.2, 0.25) is 0 Å². The van der Waals surface area contributed by atoms with E-state index in [0.29, 0.717) is 5.75 Å². The number of ether oxygens (including phenoxy) is 2. The number of anilines is 1. The Balaban J connectivity index is 2.45. The third-order valence-corrected chi connectivity index (χ3v) is 2.80. The average molecular weight is 260 g/mol. The molecule has 0 aliphatic carbocycles. The van der Waals surface area contributed by atoms with E-state index >= 15 is 0 Å². The van der Waals surface area contributed by atoms with Gasteiger partial charge in [0.1, 0.15) is 17.8 Å². The predicted octanol–water partition coefficient (Wildman–Crippen LogP) is 2.14. The van der Waals surface area contributed by atoms with Gasteiger partial charge < -0.3 is 14.8 Å². The SMILES string of the molecule is COC(=O)CNc1cc(C)nc2c(OC)cccc12. The summed E-state index contributed by atoms with van der Waals surface area (Å²) in [4.78, 5) is 15.7. The van der Waals surface area contributed by atoms with Gasteiger partial charge in [-0.1, -0.05) is 12.1 Å². The van der Waals surface area contributed by atoms with Crippen LogP contribution in [0.3, 0.4) is 0 Å². The van der Waals surface area contributed by atoms with Crippen LogP contribution in [0.4, 0.5) is 5.69 Å². The van der Waals surface area contributed by atoms with E-state index in [1.165, 1.54) is 7.11 Å². The van der Waals surface area contributed by atoms with Crippen molar-refractivity contribution in [3.05, 3.63) is 30.0 Å². The molecule has 5 heteroatoms. The molecular formula is C14H16N2O3. The van der Waals surface area contributed by atoms with Gasteiger partial charge in [0.25, 0.3) is 0 Å². The summed E-state index contributed by atoms with van der Waals surface area (Å²) in [5.74, 6) is 0.396. The molecule has 0 amide bonds. The normalized spacial score (nSPS) is 10.3. The molecule has 5 nitrogen and oxygen atoms in total. The number of hydrogen-bond donors (Lipinski definition) is 1. The molecule has 1 heterocycles. The van der Waals surface area contributed by atoms with E-state index in [9.17, 15) is 4.79 Å². The number of benzene rings is 1. The molecule has 1 aromatic heterocycles. The second-order valence-corrected chi connectivity index (χ2v) is 4.10. The van der Waals surface area contributed by atoms with Crippen molar-refractivity contribution in [3.8, 4) is 5.75 Å². The predicted molar refractivity (Wildman–Crippen MR) is 73.5 cm³/mol. The average Bonchev–Trinajstić information content (AvgIpc) is 2.43. The first-order valence-corrected chi connectivity index (χ1v) is 5.90. The van der Waals surface area contributed by atoms with Crippen LogP contribution in [0.5, 0.6) is 5.75 Å². The molecule has 100 valence electrons. The quantitative estimate of drug-likeness (QED) is 0.853. The number of nitrogens with zero attached hydrogens (tertiary/aromatic N) is 1. The molecule has 0 spiro atoms. The molecule has 1 aromatic carbocycles. The molecule has 0 saturated carbocycles. The van der Waals surface area contributed by atoms with Gasteiger partial charge in [-0.15, -0.1) is 0 Å². The van der Waals surface area contributed by atoms with Crippen molar-refractivity contribution < 1.29 is 14.3 Å². The van der Waals surface area contributed by atoms with Crippen LogP contribution in [0, 0.1) is 6.92 Å². The lowest BCUT2D eigenvalue weighted by atomic mass is 10.1. The maximum Gasteiger partial charge on any atom is 0.325 e. The van der Waals surface area contributed by atoms with E-state index in [2.05, 4.69) is 15.0 Å². The molecule has 1 N–H and O–H groups in total. The van der Waals surface area contributed by atoms with E-state index < -0.39 is 0 Å². The Hall–Kier alpha value is -2.30. The summed E-state index contributed by atoms with van der Waals surface area (Å²) in [7, 11) is 2.98. The number of esters is 1. The molecule has 0 unspecified atom stereocenters. The fourth-order valence-electron chi connectivity index (χ4n) is 1.90. The number of aromatic nitrogens is 1. The minimum Gasteiger partial charge on any atom is -0.494 e. The second-order valence-electron chi connectivity index (χ2n) is 4.10. The number of pyridine rings is 1. The maximum absolute atomic E-state index is 11.2. The van der Waals surface area contributed by atoms with Crippen LogP contribution in [-0.4, -0.2) is 31.7 Å². The highest BCUT2D eigenvalue weighted by Gasteiger charge is 2.09. The summed E-state index contributed by atoms with van der Waals surface area (Å²) in [6, 6.07) is 7.58. The lowest BCUT2D eigenvalue weighted by Crippen LogP contribution is -2.15. The van der Waals surface area contributed by atoms with Gasteiger partial charge in [-0.2, -0.15) is 0 Å². The van der Waals surface area contributed by atoms with Gasteiger partial charge in [0, 0.05) is 16.8 Å². The zero-order valence-corrected chi connectivity index (χ0v) is 11.2. The highest BCUT2D eigenvalue weighted by Crippen LogP contribution is 2.29. The lowest BCUT2D eigenvalue weighted by Gasteiger charge is -2.11. The van der Waals surface area contributed by atoms with Gasteiger partial charge in [-0.3, -0.25) is 4.79 Å². The van der Waals surface area contributed by atoms with Crippen LogP contribution in [-0.2, 0) is 9.53 Å². The van der Waals surface area contributed by atoms with E-state index in [1.54, 1.807) is 7.11 Å².